The van der Waals surface area contributed by atoms with Crippen molar-refractivity contribution in [1.29, 1.82) is 0 Å². The van der Waals surface area contributed by atoms with Gasteiger partial charge in [-0.05, 0) is 55.6 Å². The van der Waals surface area contributed by atoms with Crippen LogP contribution in [0.4, 0.5) is 0 Å². The first-order chi connectivity index (χ1) is 12.9. The van der Waals surface area contributed by atoms with Crippen LogP contribution in [-0.2, 0) is 12.8 Å². The molecule has 0 bridgehead atoms. The predicted octanol–water partition coefficient (Wildman–Crippen LogP) is 4.24. The summed E-state index contributed by atoms with van der Waals surface area (Å²) in [6.07, 6.45) is 8.53. The molecule has 0 N–H and O–H groups in total. The highest BCUT2D eigenvalue weighted by Gasteiger charge is 2.35. The fraction of sp³-hybridized carbons (Fsp3) is 0.591. The number of aromatic nitrogens is 2. The zero-order chi connectivity index (χ0) is 19.0. The van der Waals surface area contributed by atoms with Gasteiger partial charge >= 0.3 is 0 Å². The second-order valence-corrected chi connectivity index (χ2v) is 9.08. The summed E-state index contributed by atoms with van der Waals surface area (Å²) in [5, 5.41) is 4.39. The van der Waals surface area contributed by atoms with Gasteiger partial charge in [0, 0.05) is 42.5 Å². The van der Waals surface area contributed by atoms with Crippen molar-refractivity contribution in [1.82, 2.24) is 15.0 Å². The van der Waals surface area contributed by atoms with Crippen LogP contribution in [0.2, 0.25) is 0 Å². The summed E-state index contributed by atoms with van der Waals surface area (Å²) >= 11 is 0. The van der Waals surface area contributed by atoms with E-state index in [0.29, 0.717) is 22.8 Å². The number of hydrogen-bond acceptors (Lipinski definition) is 4. The number of likely N-dealkylation sites (tertiary alicyclic amines) is 1. The molecule has 2 aliphatic rings. The fourth-order valence-corrected chi connectivity index (χ4v) is 4.51. The zero-order valence-corrected chi connectivity index (χ0v) is 16.6. The van der Waals surface area contributed by atoms with Crippen molar-refractivity contribution >= 4 is 5.91 Å². The summed E-state index contributed by atoms with van der Waals surface area (Å²) < 4.78 is 5.84. The predicted molar refractivity (Wildman–Crippen MR) is 104 cm³/mol. The fourth-order valence-electron chi connectivity index (χ4n) is 4.51. The Kier molecular flexibility index (Phi) is 4.79. The first-order valence-electron chi connectivity index (χ1n) is 10.1. The van der Waals surface area contributed by atoms with Crippen molar-refractivity contribution in [3.8, 4) is 0 Å². The number of aryl methyl sites for hydroxylation is 1. The quantitative estimate of drug-likeness (QED) is 0.796. The van der Waals surface area contributed by atoms with Crippen molar-refractivity contribution < 1.29 is 9.32 Å². The Bertz CT molecular complexity index is 799. The molecule has 0 radical (unpaired) electrons. The number of fused-ring (bicyclic) bond motifs is 1. The molecule has 2 aromatic heterocycles. The van der Waals surface area contributed by atoms with E-state index in [1.807, 2.05) is 4.90 Å². The molecule has 144 valence electrons. The third-order valence-corrected chi connectivity index (χ3v) is 6.39. The van der Waals surface area contributed by atoms with Crippen molar-refractivity contribution in [2.24, 2.45) is 11.3 Å². The minimum Gasteiger partial charge on any atom is -0.361 e. The number of carbonyl (C=O) groups excluding carboxylic acids is 1. The van der Waals surface area contributed by atoms with Gasteiger partial charge in [-0.15, -0.1) is 0 Å². The summed E-state index contributed by atoms with van der Waals surface area (Å²) in [6.45, 7) is 8.53. The molecule has 1 aliphatic heterocycles. The lowest BCUT2D eigenvalue weighted by atomic mass is 9.71. The number of amides is 1. The van der Waals surface area contributed by atoms with Crippen molar-refractivity contribution in [3.63, 3.8) is 0 Å². The number of pyridine rings is 1. The number of nitrogens with zero attached hydrogens (tertiary/aromatic N) is 3. The Hall–Kier alpha value is -2.17. The smallest absolute Gasteiger partial charge is 0.253 e. The normalized spacial score (nSPS) is 21.1. The van der Waals surface area contributed by atoms with Gasteiger partial charge in [-0.25, -0.2) is 0 Å². The summed E-state index contributed by atoms with van der Waals surface area (Å²) in [5.41, 5.74) is 3.56. The lowest BCUT2D eigenvalue weighted by molar-refractivity contribution is 0.0705. The highest BCUT2D eigenvalue weighted by molar-refractivity contribution is 5.94. The molecule has 3 heterocycles. The van der Waals surface area contributed by atoms with Crippen molar-refractivity contribution in [2.45, 2.75) is 58.8 Å². The Morgan fingerprint density at radius 3 is 2.52 bits per heavy atom. The molecule has 1 saturated heterocycles. The number of hydrogen-bond donors (Lipinski definition) is 0. The second-order valence-electron chi connectivity index (χ2n) is 9.08. The van der Waals surface area contributed by atoms with Crippen molar-refractivity contribution in [2.75, 3.05) is 13.1 Å². The maximum absolute atomic E-state index is 12.6. The average molecular weight is 367 g/mol. The van der Waals surface area contributed by atoms with Crippen LogP contribution < -0.4 is 0 Å². The first kappa shape index (κ1) is 18.2. The second kappa shape index (κ2) is 7.10. The number of piperidine rings is 1. The SMILES string of the molecule is CC(C)(C)C1CCc2noc(C3CCN(C(=O)c4ccncc4)CC3)c2C1. The molecule has 1 unspecified atom stereocenters. The molecule has 0 spiro atoms. The lowest BCUT2D eigenvalue weighted by Crippen LogP contribution is -2.38. The molecule has 5 nitrogen and oxygen atoms in total. The van der Waals surface area contributed by atoms with Crippen LogP contribution in [0.15, 0.2) is 29.0 Å². The van der Waals surface area contributed by atoms with E-state index in [9.17, 15) is 4.79 Å². The van der Waals surface area contributed by atoms with Crippen LogP contribution in [0.3, 0.4) is 0 Å². The van der Waals surface area contributed by atoms with Crippen LogP contribution in [-0.4, -0.2) is 34.0 Å². The van der Waals surface area contributed by atoms with Gasteiger partial charge in [0.2, 0.25) is 0 Å². The average Bonchev–Trinajstić information content (AvgIpc) is 3.11. The third-order valence-electron chi connectivity index (χ3n) is 6.39. The minimum atomic E-state index is 0.100. The lowest BCUT2D eigenvalue weighted by Gasteiger charge is -2.35. The van der Waals surface area contributed by atoms with Gasteiger partial charge in [0.05, 0.1) is 5.69 Å². The van der Waals surface area contributed by atoms with Crippen LogP contribution in [0.5, 0.6) is 0 Å². The van der Waals surface area contributed by atoms with Gasteiger partial charge in [-0.3, -0.25) is 9.78 Å². The van der Waals surface area contributed by atoms with E-state index in [2.05, 4.69) is 30.9 Å². The van der Waals surface area contributed by atoms with Gasteiger partial charge in [0.15, 0.2) is 0 Å². The van der Waals surface area contributed by atoms with Crippen molar-refractivity contribution in [3.05, 3.63) is 47.1 Å². The van der Waals surface area contributed by atoms with E-state index in [4.69, 9.17) is 4.52 Å². The van der Waals surface area contributed by atoms with Gasteiger partial charge in [-0.2, -0.15) is 0 Å². The van der Waals surface area contributed by atoms with Crippen LogP contribution >= 0.6 is 0 Å². The molecule has 4 rings (SSSR count). The molecule has 5 heteroatoms. The molecule has 2 aromatic rings. The van der Waals surface area contributed by atoms with Gasteiger partial charge in [-0.1, -0.05) is 25.9 Å². The van der Waals surface area contributed by atoms with E-state index < -0.39 is 0 Å². The Labute approximate surface area is 161 Å². The highest BCUT2D eigenvalue weighted by atomic mass is 16.5. The van der Waals surface area contributed by atoms with E-state index >= 15 is 0 Å². The van der Waals surface area contributed by atoms with Gasteiger partial charge in [0.25, 0.3) is 5.91 Å². The van der Waals surface area contributed by atoms with Crippen LogP contribution in [0, 0.1) is 11.3 Å². The number of rotatable bonds is 2. The van der Waals surface area contributed by atoms with E-state index in [1.54, 1.807) is 24.5 Å². The topological polar surface area (TPSA) is 59.2 Å². The first-order valence-corrected chi connectivity index (χ1v) is 10.1. The zero-order valence-electron chi connectivity index (χ0n) is 16.6. The summed E-state index contributed by atoms with van der Waals surface area (Å²) in [4.78, 5) is 18.6. The highest BCUT2D eigenvalue weighted by Crippen LogP contribution is 2.41. The molecular weight excluding hydrogens is 338 g/mol. The monoisotopic (exact) mass is 367 g/mol. The van der Waals surface area contributed by atoms with Crippen LogP contribution in [0.1, 0.15) is 73.3 Å². The Morgan fingerprint density at radius 1 is 1.15 bits per heavy atom. The Morgan fingerprint density at radius 2 is 1.85 bits per heavy atom. The summed E-state index contributed by atoms with van der Waals surface area (Å²) in [7, 11) is 0. The molecule has 1 fully saturated rings. The molecular formula is C22H29N3O2. The minimum absolute atomic E-state index is 0.100. The van der Waals surface area contributed by atoms with E-state index in [1.165, 1.54) is 17.7 Å². The molecule has 0 aromatic carbocycles. The standard InChI is InChI=1S/C22H29N3O2/c1-22(2,3)17-4-5-19-18(14-17)20(27-24-19)15-8-12-25(13-9-15)21(26)16-6-10-23-11-7-16/h6-7,10-11,15,17H,4-5,8-9,12-14H2,1-3H3. The van der Waals surface area contributed by atoms with Gasteiger partial charge in [0.1, 0.15) is 5.76 Å². The maximum atomic E-state index is 12.6. The molecule has 27 heavy (non-hydrogen) atoms. The number of carbonyl (C=O) groups is 1. The Balaban J connectivity index is 1.44. The molecule has 1 aliphatic carbocycles. The molecule has 0 saturated carbocycles. The molecule has 1 amide bonds. The summed E-state index contributed by atoms with van der Waals surface area (Å²) in [5.74, 6) is 2.25. The largest absolute Gasteiger partial charge is 0.361 e. The van der Waals surface area contributed by atoms with E-state index in [-0.39, 0.29) is 5.91 Å². The van der Waals surface area contributed by atoms with Crippen LogP contribution in [0.25, 0.3) is 0 Å². The summed E-state index contributed by atoms with van der Waals surface area (Å²) in [6, 6.07) is 3.57. The maximum Gasteiger partial charge on any atom is 0.253 e. The van der Waals surface area contributed by atoms with Gasteiger partial charge < -0.3 is 9.42 Å². The molecule has 1 atom stereocenters. The third kappa shape index (κ3) is 3.64. The van der Waals surface area contributed by atoms with E-state index in [0.717, 1.165) is 44.5 Å².